The minimum absolute atomic E-state index is 0.739. The third-order valence-electron chi connectivity index (χ3n) is 3.36. The number of rotatable bonds is 5. The molecule has 0 spiro atoms. The Kier molecular flexibility index (Phi) is 3.71. The molecule has 19 heavy (non-hydrogen) atoms. The van der Waals surface area contributed by atoms with Crippen LogP contribution in [0.25, 0.3) is 11.3 Å². The zero-order chi connectivity index (χ0) is 13.2. The Hall–Kier alpha value is -1.13. The molecule has 2 aromatic rings. The second-order valence-electron chi connectivity index (χ2n) is 5.06. The minimum Gasteiger partial charge on any atom is -0.441 e. The van der Waals surface area contributed by atoms with Gasteiger partial charge < -0.3 is 9.73 Å². The van der Waals surface area contributed by atoms with Crippen LogP contribution in [-0.4, -0.2) is 17.6 Å². The normalized spacial score (nSPS) is 14.8. The Morgan fingerprint density at radius 3 is 3.00 bits per heavy atom. The van der Waals surface area contributed by atoms with E-state index in [0.29, 0.717) is 0 Å². The van der Waals surface area contributed by atoms with Crippen LogP contribution in [0.3, 0.4) is 0 Å². The van der Waals surface area contributed by atoms with E-state index in [1.807, 2.05) is 12.3 Å². The molecule has 0 unspecified atom stereocenters. The molecule has 1 aromatic carbocycles. The quantitative estimate of drug-likeness (QED) is 0.912. The fourth-order valence-corrected chi connectivity index (χ4v) is 2.60. The number of benzene rings is 1. The van der Waals surface area contributed by atoms with E-state index in [4.69, 9.17) is 4.42 Å². The molecule has 0 aliphatic heterocycles. The monoisotopic (exact) mass is 320 g/mol. The number of nitrogens with one attached hydrogen (secondary N) is 1. The first kappa shape index (κ1) is 12.9. The van der Waals surface area contributed by atoms with Crippen molar-refractivity contribution < 1.29 is 4.42 Å². The molecule has 1 heterocycles. The largest absolute Gasteiger partial charge is 0.441 e. The highest BCUT2D eigenvalue weighted by atomic mass is 79.9. The van der Waals surface area contributed by atoms with Gasteiger partial charge in [-0.05, 0) is 43.5 Å². The van der Waals surface area contributed by atoms with Crippen molar-refractivity contribution in [3.05, 3.63) is 40.3 Å². The number of aromatic nitrogens is 1. The summed E-state index contributed by atoms with van der Waals surface area (Å²) in [5, 5.41) is 3.47. The molecular weight excluding hydrogens is 304 g/mol. The molecule has 3 rings (SSSR count). The van der Waals surface area contributed by atoms with Gasteiger partial charge in [-0.3, -0.25) is 0 Å². The standard InChI is InChI=1S/C15H17BrN2O/c1-10-8-11(16)2-5-13(10)14-9-18-15(19-14)6-7-17-12-3-4-12/h2,5,8-9,12,17H,3-4,6-7H2,1H3. The lowest BCUT2D eigenvalue weighted by Gasteiger charge is -2.02. The molecule has 1 aliphatic rings. The summed E-state index contributed by atoms with van der Waals surface area (Å²) in [6.45, 7) is 3.03. The van der Waals surface area contributed by atoms with Crippen LogP contribution in [0.15, 0.2) is 33.3 Å². The van der Waals surface area contributed by atoms with E-state index in [1.165, 1.54) is 18.4 Å². The predicted molar refractivity (Wildman–Crippen MR) is 79.1 cm³/mol. The Balaban J connectivity index is 1.68. The Morgan fingerprint density at radius 2 is 2.26 bits per heavy atom. The lowest BCUT2D eigenvalue weighted by Crippen LogP contribution is -2.19. The van der Waals surface area contributed by atoms with Crippen molar-refractivity contribution in [2.75, 3.05) is 6.54 Å². The summed E-state index contributed by atoms with van der Waals surface area (Å²) in [5.74, 6) is 1.66. The van der Waals surface area contributed by atoms with E-state index in [1.54, 1.807) is 0 Å². The summed E-state index contributed by atoms with van der Waals surface area (Å²) in [4.78, 5) is 4.35. The van der Waals surface area contributed by atoms with Gasteiger partial charge in [0.15, 0.2) is 11.7 Å². The molecule has 1 aromatic heterocycles. The molecule has 1 fully saturated rings. The van der Waals surface area contributed by atoms with Crippen molar-refractivity contribution in [1.29, 1.82) is 0 Å². The van der Waals surface area contributed by atoms with Crippen LogP contribution in [-0.2, 0) is 6.42 Å². The first-order valence-corrected chi connectivity index (χ1v) is 7.46. The smallest absolute Gasteiger partial charge is 0.196 e. The molecular formula is C15H17BrN2O. The highest BCUT2D eigenvalue weighted by Gasteiger charge is 2.20. The fourth-order valence-electron chi connectivity index (χ4n) is 2.12. The molecule has 1 N–H and O–H groups in total. The molecule has 0 amide bonds. The maximum atomic E-state index is 5.83. The van der Waals surface area contributed by atoms with Crippen LogP contribution < -0.4 is 5.32 Å². The second-order valence-corrected chi connectivity index (χ2v) is 5.97. The summed E-state index contributed by atoms with van der Waals surface area (Å²) in [6, 6.07) is 6.92. The van der Waals surface area contributed by atoms with Gasteiger partial charge in [-0.1, -0.05) is 15.9 Å². The van der Waals surface area contributed by atoms with Gasteiger partial charge in [0, 0.05) is 29.0 Å². The van der Waals surface area contributed by atoms with Gasteiger partial charge in [-0.25, -0.2) is 4.98 Å². The van der Waals surface area contributed by atoms with Crippen molar-refractivity contribution in [3.8, 4) is 11.3 Å². The first-order chi connectivity index (χ1) is 9.22. The molecule has 1 saturated carbocycles. The Morgan fingerprint density at radius 1 is 1.42 bits per heavy atom. The fraction of sp³-hybridized carbons (Fsp3) is 0.400. The number of hydrogen-bond acceptors (Lipinski definition) is 3. The summed E-state index contributed by atoms with van der Waals surface area (Å²) < 4.78 is 6.91. The summed E-state index contributed by atoms with van der Waals surface area (Å²) >= 11 is 3.47. The molecule has 3 nitrogen and oxygen atoms in total. The van der Waals surface area contributed by atoms with E-state index < -0.39 is 0 Å². The number of oxazole rings is 1. The van der Waals surface area contributed by atoms with Crippen LogP contribution in [0.1, 0.15) is 24.3 Å². The molecule has 1 aliphatic carbocycles. The summed E-state index contributed by atoms with van der Waals surface area (Å²) in [7, 11) is 0. The van der Waals surface area contributed by atoms with E-state index in [2.05, 4.69) is 45.3 Å². The molecule has 0 radical (unpaired) electrons. The van der Waals surface area contributed by atoms with Gasteiger partial charge in [-0.2, -0.15) is 0 Å². The maximum absolute atomic E-state index is 5.83. The van der Waals surface area contributed by atoms with E-state index in [-0.39, 0.29) is 0 Å². The third-order valence-corrected chi connectivity index (χ3v) is 3.85. The van der Waals surface area contributed by atoms with E-state index >= 15 is 0 Å². The molecule has 0 bridgehead atoms. The topological polar surface area (TPSA) is 38.1 Å². The summed E-state index contributed by atoms with van der Waals surface area (Å²) in [6.07, 6.45) is 5.30. The predicted octanol–water partition coefficient (Wildman–Crippen LogP) is 3.71. The van der Waals surface area contributed by atoms with Crippen molar-refractivity contribution in [2.45, 2.75) is 32.2 Å². The van der Waals surface area contributed by atoms with Gasteiger partial charge in [0.1, 0.15) is 0 Å². The SMILES string of the molecule is Cc1cc(Br)ccc1-c1cnc(CCNC2CC2)o1. The highest BCUT2D eigenvalue weighted by Crippen LogP contribution is 2.26. The third kappa shape index (κ3) is 3.25. The van der Waals surface area contributed by atoms with Crippen LogP contribution in [0.2, 0.25) is 0 Å². The zero-order valence-electron chi connectivity index (χ0n) is 10.9. The van der Waals surface area contributed by atoms with E-state index in [0.717, 1.165) is 40.7 Å². The van der Waals surface area contributed by atoms with Gasteiger partial charge in [0.2, 0.25) is 0 Å². The van der Waals surface area contributed by atoms with Crippen LogP contribution in [0.4, 0.5) is 0 Å². The number of halogens is 1. The average molecular weight is 321 g/mol. The highest BCUT2D eigenvalue weighted by molar-refractivity contribution is 9.10. The lowest BCUT2D eigenvalue weighted by atomic mass is 10.1. The lowest BCUT2D eigenvalue weighted by molar-refractivity contribution is 0.494. The summed E-state index contributed by atoms with van der Waals surface area (Å²) in [5.41, 5.74) is 2.30. The van der Waals surface area contributed by atoms with Crippen LogP contribution in [0, 0.1) is 6.92 Å². The number of hydrogen-bond donors (Lipinski definition) is 1. The van der Waals surface area contributed by atoms with Crippen molar-refractivity contribution in [3.63, 3.8) is 0 Å². The first-order valence-electron chi connectivity index (χ1n) is 6.67. The van der Waals surface area contributed by atoms with E-state index in [9.17, 15) is 0 Å². The Labute approximate surface area is 121 Å². The van der Waals surface area contributed by atoms with Crippen LogP contribution in [0.5, 0.6) is 0 Å². The van der Waals surface area contributed by atoms with Gasteiger partial charge in [-0.15, -0.1) is 0 Å². The number of aryl methyl sites for hydroxylation is 1. The maximum Gasteiger partial charge on any atom is 0.196 e. The van der Waals surface area contributed by atoms with Crippen molar-refractivity contribution >= 4 is 15.9 Å². The molecule has 4 heteroatoms. The van der Waals surface area contributed by atoms with Crippen molar-refractivity contribution in [2.24, 2.45) is 0 Å². The zero-order valence-corrected chi connectivity index (χ0v) is 12.5. The number of nitrogens with zero attached hydrogens (tertiary/aromatic N) is 1. The molecule has 0 saturated heterocycles. The Bertz CT molecular complexity index is 575. The van der Waals surface area contributed by atoms with Gasteiger partial charge in [0.05, 0.1) is 6.20 Å². The van der Waals surface area contributed by atoms with Gasteiger partial charge in [0.25, 0.3) is 0 Å². The van der Waals surface area contributed by atoms with Crippen molar-refractivity contribution in [1.82, 2.24) is 10.3 Å². The molecule has 100 valence electrons. The second kappa shape index (κ2) is 5.47. The minimum atomic E-state index is 0.739. The molecule has 0 atom stereocenters. The average Bonchev–Trinajstić information content (AvgIpc) is 3.07. The van der Waals surface area contributed by atoms with Crippen LogP contribution >= 0.6 is 15.9 Å². The van der Waals surface area contributed by atoms with Gasteiger partial charge >= 0.3 is 0 Å².